The standard InChI is InChI=1S/C18H28N2/c1-4-16(10-14-8-6-5-7-9-14)20-13-15-11-19-12-17(15)18(20,2)3/h5-9,15-17,19H,4,10-13H2,1-3H3. The summed E-state index contributed by atoms with van der Waals surface area (Å²) < 4.78 is 0. The first-order valence-corrected chi connectivity index (χ1v) is 8.14. The highest BCUT2D eigenvalue weighted by Gasteiger charge is 2.50. The molecule has 0 bridgehead atoms. The Morgan fingerprint density at radius 2 is 2.00 bits per heavy atom. The summed E-state index contributed by atoms with van der Waals surface area (Å²) in [7, 11) is 0. The van der Waals surface area contributed by atoms with Crippen LogP contribution >= 0.6 is 0 Å². The summed E-state index contributed by atoms with van der Waals surface area (Å²) >= 11 is 0. The number of hydrogen-bond donors (Lipinski definition) is 1. The molecule has 2 nitrogen and oxygen atoms in total. The Morgan fingerprint density at radius 3 is 2.65 bits per heavy atom. The van der Waals surface area contributed by atoms with Crippen molar-refractivity contribution in [3.63, 3.8) is 0 Å². The van der Waals surface area contributed by atoms with Gasteiger partial charge in [-0.25, -0.2) is 0 Å². The molecule has 2 heteroatoms. The Morgan fingerprint density at radius 1 is 1.25 bits per heavy atom. The summed E-state index contributed by atoms with van der Waals surface area (Å²) in [5.74, 6) is 1.68. The lowest BCUT2D eigenvalue weighted by Crippen LogP contribution is -2.50. The van der Waals surface area contributed by atoms with Gasteiger partial charge in [-0.3, -0.25) is 4.90 Å². The summed E-state index contributed by atoms with van der Waals surface area (Å²) in [4.78, 5) is 2.80. The molecule has 0 aliphatic carbocycles. The summed E-state index contributed by atoms with van der Waals surface area (Å²) in [6, 6.07) is 11.7. The third-order valence-corrected chi connectivity index (χ3v) is 5.64. The van der Waals surface area contributed by atoms with Crippen molar-refractivity contribution in [3.05, 3.63) is 35.9 Å². The van der Waals surface area contributed by atoms with Crippen molar-refractivity contribution in [3.8, 4) is 0 Å². The molecule has 2 aliphatic heterocycles. The normalized spacial score (nSPS) is 30.4. The predicted octanol–water partition coefficient (Wildman–Crippen LogP) is 2.94. The van der Waals surface area contributed by atoms with Gasteiger partial charge >= 0.3 is 0 Å². The summed E-state index contributed by atoms with van der Waals surface area (Å²) in [6.07, 6.45) is 2.43. The molecule has 3 unspecified atom stereocenters. The zero-order valence-corrected chi connectivity index (χ0v) is 13.1. The molecule has 110 valence electrons. The van der Waals surface area contributed by atoms with E-state index in [0.29, 0.717) is 11.6 Å². The molecule has 1 aromatic carbocycles. The van der Waals surface area contributed by atoms with Gasteiger partial charge in [0, 0.05) is 24.7 Å². The molecule has 2 heterocycles. The van der Waals surface area contributed by atoms with Crippen LogP contribution in [0.15, 0.2) is 30.3 Å². The molecule has 0 spiro atoms. The van der Waals surface area contributed by atoms with Gasteiger partial charge in [-0.1, -0.05) is 37.3 Å². The van der Waals surface area contributed by atoms with E-state index < -0.39 is 0 Å². The van der Waals surface area contributed by atoms with Gasteiger partial charge in [0.05, 0.1) is 0 Å². The molecule has 2 aliphatic rings. The Labute approximate surface area is 123 Å². The lowest BCUT2D eigenvalue weighted by Gasteiger charge is -2.41. The van der Waals surface area contributed by atoms with Crippen LogP contribution in [0.1, 0.15) is 32.8 Å². The zero-order valence-electron chi connectivity index (χ0n) is 13.1. The second-order valence-corrected chi connectivity index (χ2v) is 7.08. The van der Waals surface area contributed by atoms with E-state index in [2.05, 4.69) is 61.3 Å². The van der Waals surface area contributed by atoms with E-state index in [9.17, 15) is 0 Å². The van der Waals surface area contributed by atoms with Crippen LogP contribution in [-0.2, 0) is 6.42 Å². The molecule has 3 rings (SSSR count). The van der Waals surface area contributed by atoms with Crippen molar-refractivity contribution in [1.82, 2.24) is 10.2 Å². The van der Waals surface area contributed by atoms with E-state index in [-0.39, 0.29) is 0 Å². The van der Waals surface area contributed by atoms with E-state index >= 15 is 0 Å². The minimum atomic E-state index is 0.337. The first-order valence-electron chi connectivity index (χ1n) is 8.14. The molecular formula is C18H28N2. The zero-order chi connectivity index (χ0) is 14.2. The topological polar surface area (TPSA) is 15.3 Å². The van der Waals surface area contributed by atoms with Crippen LogP contribution in [0.2, 0.25) is 0 Å². The number of likely N-dealkylation sites (tertiary alicyclic amines) is 1. The monoisotopic (exact) mass is 272 g/mol. The quantitative estimate of drug-likeness (QED) is 0.906. The maximum Gasteiger partial charge on any atom is 0.0200 e. The number of rotatable bonds is 4. The average Bonchev–Trinajstić information content (AvgIpc) is 3.00. The fourth-order valence-electron chi connectivity index (χ4n) is 4.43. The van der Waals surface area contributed by atoms with E-state index in [0.717, 1.165) is 11.8 Å². The highest BCUT2D eigenvalue weighted by molar-refractivity contribution is 5.17. The smallest absolute Gasteiger partial charge is 0.0200 e. The lowest BCUT2D eigenvalue weighted by molar-refractivity contribution is 0.0860. The van der Waals surface area contributed by atoms with Gasteiger partial charge in [0.1, 0.15) is 0 Å². The summed E-state index contributed by atoms with van der Waals surface area (Å²) in [6.45, 7) is 10.9. The van der Waals surface area contributed by atoms with E-state index in [1.54, 1.807) is 0 Å². The van der Waals surface area contributed by atoms with Crippen molar-refractivity contribution < 1.29 is 0 Å². The predicted molar refractivity (Wildman–Crippen MR) is 84.9 cm³/mol. The molecule has 1 N–H and O–H groups in total. The molecule has 3 atom stereocenters. The van der Waals surface area contributed by atoms with Crippen molar-refractivity contribution in [2.75, 3.05) is 19.6 Å². The second-order valence-electron chi connectivity index (χ2n) is 7.08. The maximum atomic E-state index is 3.58. The van der Waals surface area contributed by atoms with Gasteiger partial charge in [-0.15, -0.1) is 0 Å². The average molecular weight is 272 g/mol. The minimum absolute atomic E-state index is 0.337. The second kappa shape index (κ2) is 5.50. The van der Waals surface area contributed by atoms with Gasteiger partial charge in [0.15, 0.2) is 0 Å². The van der Waals surface area contributed by atoms with Crippen LogP contribution in [-0.4, -0.2) is 36.1 Å². The Balaban J connectivity index is 1.76. The van der Waals surface area contributed by atoms with Crippen molar-refractivity contribution >= 4 is 0 Å². The van der Waals surface area contributed by atoms with Crippen molar-refractivity contribution in [2.45, 2.75) is 45.2 Å². The molecular weight excluding hydrogens is 244 g/mol. The first kappa shape index (κ1) is 14.1. The molecule has 20 heavy (non-hydrogen) atoms. The van der Waals surface area contributed by atoms with Gasteiger partial charge in [-0.2, -0.15) is 0 Å². The maximum absolute atomic E-state index is 3.58. The van der Waals surface area contributed by atoms with Crippen LogP contribution in [0.3, 0.4) is 0 Å². The van der Waals surface area contributed by atoms with Crippen LogP contribution in [0.25, 0.3) is 0 Å². The number of nitrogens with zero attached hydrogens (tertiary/aromatic N) is 1. The Kier molecular flexibility index (Phi) is 3.87. The number of nitrogens with one attached hydrogen (secondary N) is 1. The highest BCUT2D eigenvalue weighted by Crippen LogP contribution is 2.42. The molecule has 0 radical (unpaired) electrons. The Bertz CT molecular complexity index is 440. The van der Waals surface area contributed by atoms with Crippen LogP contribution < -0.4 is 5.32 Å². The van der Waals surface area contributed by atoms with Gasteiger partial charge in [0.25, 0.3) is 0 Å². The third kappa shape index (κ3) is 2.40. The fourth-order valence-corrected chi connectivity index (χ4v) is 4.43. The largest absolute Gasteiger partial charge is 0.316 e. The van der Waals surface area contributed by atoms with Gasteiger partial charge < -0.3 is 5.32 Å². The third-order valence-electron chi connectivity index (χ3n) is 5.64. The molecule has 1 aromatic rings. The lowest BCUT2D eigenvalue weighted by atomic mass is 9.84. The molecule has 0 aromatic heterocycles. The molecule has 0 amide bonds. The molecule has 2 saturated heterocycles. The Hall–Kier alpha value is -0.860. The van der Waals surface area contributed by atoms with Crippen molar-refractivity contribution in [2.24, 2.45) is 11.8 Å². The van der Waals surface area contributed by atoms with Crippen LogP contribution in [0.4, 0.5) is 0 Å². The molecule has 0 saturated carbocycles. The number of hydrogen-bond acceptors (Lipinski definition) is 2. The van der Waals surface area contributed by atoms with Gasteiger partial charge in [-0.05, 0) is 50.6 Å². The number of fused-ring (bicyclic) bond motifs is 1. The fraction of sp³-hybridized carbons (Fsp3) is 0.667. The number of benzene rings is 1. The summed E-state index contributed by atoms with van der Waals surface area (Å²) in [5.41, 5.74) is 1.81. The SMILES string of the molecule is CCC(Cc1ccccc1)N1CC2CNCC2C1(C)C. The van der Waals surface area contributed by atoms with E-state index in [1.165, 1.54) is 38.0 Å². The van der Waals surface area contributed by atoms with Gasteiger partial charge in [0.2, 0.25) is 0 Å². The van der Waals surface area contributed by atoms with Crippen molar-refractivity contribution in [1.29, 1.82) is 0 Å². The van der Waals surface area contributed by atoms with E-state index in [1.807, 2.05) is 0 Å². The highest BCUT2D eigenvalue weighted by atomic mass is 15.3. The van der Waals surface area contributed by atoms with Crippen LogP contribution in [0, 0.1) is 11.8 Å². The first-order chi connectivity index (χ1) is 9.63. The van der Waals surface area contributed by atoms with Crippen LogP contribution in [0.5, 0.6) is 0 Å². The minimum Gasteiger partial charge on any atom is -0.316 e. The van der Waals surface area contributed by atoms with E-state index in [4.69, 9.17) is 0 Å². The summed E-state index contributed by atoms with van der Waals surface area (Å²) in [5, 5.41) is 3.58. The molecule has 2 fully saturated rings.